The predicted octanol–water partition coefficient (Wildman–Crippen LogP) is 7.46. The summed E-state index contributed by atoms with van der Waals surface area (Å²) in [6, 6.07) is 17.8. The van der Waals surface area contributed by atoms with Crippen LogP contribution in [0.1, 0.15) is 110 Å². The van der Waals surface area contributed by atoms with Crippen LogP contribution in [0.3, 0.4) is 0 Å². The Labute approximate surface area is 419 Å². The number of hydrogen-bond acceptors (Lipinski definition) is 10. The number of likely N-dealkylation sites (tertiary alicyclic amines) is 1. The van der Waals surface area contributed by atoms with Crippen LogP contribution in [0.15, 0.2) is 77.9 Å². The number of imidazole rings is 1. The fraction of sp³-hybridized carbons (Fsp3) is 0.464. The number of imide groups is 1. The molecule has 72 heavy (non-hydrogen) atoms. The van der Waals surface area contributed by atoms with Crippen LogP contribution >= 0.6 is 0 Å². The Kier molecular flexibility index (Phi) is 13.0. The number of rotatable bonds is 12. The summed E-state index contributed by atoms with van der Waals surface area (Å²) in [5.41, 5.74) is 9.62. The van der Waals surface area contributed by atoms with Crippen molar-refractivity contribution in [1.29, 1.82) is 0 Å². The zero-order valence-corrected chi connectivity index (χ0v) is 42.2. The molecular weight excluding hydrogens is 910 g/mol. The average Bonchev–Trinajstić information content (AvgIpc) is 4.10. The molecule has 1 aliphatic carbocycles. The first kappa shape index (κ1) is 47.8. The maximum Gasteiger partial charge on any atom is 0.330 e. The third kappa shape index (κ3) is 9.06. The maximum absolute atomic E-state index is 16.2. The molecule has 2 unspecified atom stereocenters. The molecule has 1 saturated carbocycles. The minimum atomic E-state index is -0.686. The molecule has 16 heteroatoms. The van der Waals surface area contributed by atoms with E-state index < -0.39 is 11.9 Å². The van der Waals surface area contributed by atoms with Gasteiger partial charge in [-0.25, -0.2) is 19.2 Å². The number of piperidine rings is 2. The number of fused-ring (bicyclic) bond motifs is 2. The van der Waals surface area contributed by atoms with E-state index >= 15 is 4.39 Å². The van der Waals surface area contributed by atoms with Gasteiger partial charge in [-0.1, -0.05) is 12.1 Å². The van der Waals surface area contributed by atoms with Gasteiger partial charge in [0.25, 0.3) is 5.91 Å². The van der Waals surface area contributed by atoms with Gasteiger partial charge in [-0.05, 0) is 136 Å². The molecule has 3 atom stereocenters. The maximum atomic E-state index is 16.2. The molecule has 3 amide bonds. The fourth-order valence-electron chi connectivity index (χ4n) is 12.2. The van der Waals surface area contributed by atoms with E-state index in [-0.39, 0.29) is 41.8 Å². The Morgan fingerprint density at radius 2 is 1.72 bits per heavy atom. The Bertz CT molecular complexity index is 3160. The summed E-state index contributed by atoms with van der Waals surface area (Å²) in [5, 5.41) is 6.59. The molecule has 2 N–H and O–H groups in total. The van der Waals surface area contributed by atoms with Gasteiger partial charge >= 0.3 is 5.69 Å². The normalized spacial score (nSPS) is 21.4. The molecule has 0 spiro atoms. The second-order valence-electron chi connectivity index (χ2n) is 21.1. The molecule has 0 radical (unpaired) electrons. The number of aryl methyl sites for hydroxylation is 2. The second-order valence-corrected chi connectivity index (χ2v) is 21.1. The van der Waals surface area contributed by atoms with E-state index in [1.165, 1.54) is 6.07 Å². The molecule has 4 fully saturated rings. The number of piperazine rings is 1. The first-order valence-electron chi connectivity index (χ1n) is 26.0. The van der Waals surface area contributed by atoms with Crippen molar-refractivity contribution in [3.63, 3.8) is 0 Å². The fourth-order valence-corrected chi connectivity index (χ4v) is 12.2. The number of halogens is 1. The average molecular weight is 976 g/mol. The summed E-state index contributed by atoms with van der Waals surface area (Å²) in [4.78, 5) is 71.0. The number of anilines is 1. The number of carbonyl (C=O) groups is 3. The van der Waals surface area contributed by atoms with Gasteiger partial charge in [0.05, 0.1) is 11.0 Å². The number of carbonyl (C=O) groups excluding carboxylic acids is 3. The van der Waals surface area contributed by atoms with E-state index in [9.17, 15) is 19.2 Å². The van der Waals surface area contributed by atoms with Crippen LogP contribution in [-0.4, -0.2) is 126 Å². The topological polar surface area (TPSA) is 146 Å². The van der Waals surface area contributed by atoms with E-state index in [0.29, 0.717) is 55.6 Å². The molecule has 2 aromatic carbocycles. The van der Waals surface area contributed by atoms with Gasteiger partial charge in [0.1, 0.15) is 23.3 Å². The summed E-state index contributed by atoms with van der Waals surface area (Å²) in [6.07, 6.45) is 10.9. The summed E-state index contributed by atoms with van der Waals surface area (Å²) in [7, 11) is 3.93. The highest BCUT2D eigenvalue weighted by atomic mass is 19.1. The van der Waals surface area contributed by atoms with E-state index in [2.05, 4.69) is 86.1 Å². The predicted molar refractivity (Wildman–Crippen MR) is 278 cm³/mol. The van der Waals surface area contributed by atoms with Crippen LogP contribution in [-0.2, 0) is 23.2 Å². The minimum Gasteiger partial charge on any atom is -0.373 e. The van der Waals surface area contributed by atoms with Crippen molar-refractivity contribution in [2.75, 3.05) is 64.7 Å². The third-order valence-electron chi connectivity index (χ3n) is 16.4. The monoisotopic (exact) mass is 976 g/mol. The van der Waals surface area contributed by atoms with Crippen molar-refractivity contribution in [3.05, 3.63) is 117 Å². The van der Waals surface area contributed by atoms with Gasteiger partial charge in [0.15, 0.2) is 0 Å². The van der Waals surface area contributed by atoms with Gasteiger partial charge in [-0.3, -0.25) is 43.5 Å². The van der Waals surface area contributed by atoms with Crippen molar-refractivity contribution in [2.24, 2.45) is 13.0 Å². The van der Waals surface area contributed by atoms with Crippen LogP contribution in [0.25, 0.3) is 38.8 Å². The Morgan fingerprint density at radius 1 is 0.903 bits per heavy atom. The lowest BCUT2D eigenvalue weighted by atomic mass is 9.92. The van der Waals surface area contributed by atoms with Crippen molar-refractivity contribution < 1.29 is 18.8 Å². The highest BCUT2D eigenvalue weighted by Gasteiger charge is 2.36. The summed E-state index contributed by atoms with van der Waals surface area (Å²) < 4.78 is 21.8. The second kappa shape index (κ2) is 19.5. The number of nitrogens with zero attached hydrogens (tertiary/aromatic N) is 9. The van der Waals surface area contributed by atoms with E-state index in [1.54, 1.807) is 4.57 Å². The lowest BCUT2D eigenvalue weighted by Crippen LogP contribution is -2.53. The zero-order chi connectivity index (χ0) is 49.9. The molecule has 3 saturated heterocycles. The Morgan fingerprint density at radius 3 is 2.42 bits per heavy atom. The van der Waals surface area contributed by atoms with Gasteiger partial charge in [-0.15, -0.1) is 0 Å². The minimum absolute atomic E-state index is 0.0969. The highest BCUT2D eigenvalue weighted by Crippen LogP contribution is 2.39. The number of amides is 3. The number of nitrogens with one attached hydrogen (secondary N) is 2. The summed E-state index contributed by atoms with van der Waals surface area (Å²) >= 11 is 0. The standard InChI is InChI=1S/C56H66FN11O4/c1-34-26-41(28-45(57)52(34)39-17-22-64(23-18-39)36(3)48-29-44-43(14-19-59-53(44)62(48)5)40-7-12-50(58-4)60-30-40)55(71)65-20-15-37(16-21-65)33-66-25-24-63(31-35(66)2)32-38-6-10-46-49(27-38)67(42-8-9-42)56(72)68(46)47-11-13-51(69)61-54(47)70/h6-7,10,12,14,17,19,26-30,35-37,42,47H,8-9,11,13,15-16,18,20-25,31-33H2,1-5H3,(H,58,60)(H,61,69,70)/t35-,36?,47?/m0/s1. The van der Waals surface area contributed by atoms with E-state index in [0.717, 1.165) is 126 Å². The zero-order valence-electron chi connectivity index (χ0n) is 42.2. The lowest BCUT2D eigenvalue weighted by Gasteiger charge is -2.42. The van der Waals surface area contributed by atoms with Crippen molar-refractivity contribution >= 4 is 51.2 Å². The molecule has 376 valence electrons. The van der Waals surface area contributed by atoms with Crippen molar-refractivity contribution in [3.8, 4) is 11.1 Å². The number of benzene rings is 2. The van der Waals surface area contributed by atoms with Crippen LogP contribution in [0, 0.1) is 18.7 Å². The molecule has 4 aliphatic heterocycles. The van der Waals surface area contributed by atoms with Crippen molar-refractivity contribution in [2.45, 2.75) is 96.4 Å². The van der Waals surface area contributed by atoms with E-state index in [1.807, 2.05) is 60.1 Å². The third-order valence-corrected chi connectivity index (χ3v) is 16.4. The first-order valence-corrected chi connectivity index (χ1v) is 26.0. The lowest BCUT2D eigenvalue weighted by molar-refractivity contribution is -0.135. The molecule has 11 rings (SSSR count). The van der Waals surface area contributed by atoms with Crippen LogP contribution in [0.2, 0.25) is 0 Å². The van der Waals surface area contributed by atoms with Gasteiger partial charge in [0.2, 0.25) is 11.8 Å². The molecule has 4 aromatic heterocycles. The van der Waals surface area contributed by atoms with Crippen molar-refractivity contribution in [1.82, 2.24) is 48.6 Å². The summed E-state index contributed by atoms with van der Waals surface area (Å²) in [6.45, 7) is 13.8. The molecule has 8 heterocycles. The van der Waals surface area contributed by atoms with Crippen LogP contribution < -0.4 is 16.3 Å². The van der Waals surface area contributed by atoms with Gasteiger partial charge in [0, 0.05) is 138 Å². The van der Waals surface area contributed by atoms with Crippen LogP contribution in [0.4, 0.5) is 10.2 Å². The largest absolute Gasteiger partial charge is 0.373 e. The SMILES string of the molecule is CNc1ccc(-c2ccnc3c2cc(C(C)N2CC=C(c4c(C)cc(C(=O)N5CCC(CN6CCN(Cc7ccc8c(c7)n(C7CC7)c(=O)n8C7CCC(=O)NC7=O)C[C@@H]6C)CC5)cc4F)CC2)n3C)cn1. The first-order chi connectivity index (χ1) is 34.8. The highest BCUT2D eigenvalue weighted by molar-refractivity contribution is 6.00. The van der Waals surface area contributed by atoms with Gasteiger partial charge in [-0.2, -0.15) is 0 Å². The summed E-state index contributed by atoms with van der Waals surface area (Å²) in [5.74, 6) is 0.175. The Hall–Kier alpha value is -6.49. The number of aromatic nitrogens is 5. The molecule has 6 aromatic rings. The van der Waals surface area contributed by atoms with E-state index in [4.69, 9.17) is 4.98 Å². The van der Waals surface area contributed by atoms with Crippen LogP contribution in [0.5, 0.6) is 0 Å². The number of pyridine rings is 2. The molecule has 15 nitrogen and oxygen atoms in total. The van der Waals surface area contributed by atoms with Gasteiger partial charge < -0.3 is 14.8 Å². The smallest absolute Gasteiger partial charge is 0.330 e. The molecular formula is C56H66FN11O4. The number of hydrogen-bond donors (Lipinski definition) is 2. The molecule has 5 aliphatic rings. The molecule has 0 bridgehead atoms. The quantitative estimate of drug-likeness (QED) is 0.119. The Balaban J connectivity index is 0.676.